The van der Waals surface area contributed by atoms with Crippen LogP contribution in [0.3, 0.4) is 0 Å². The molecule has 0 heterocycles. The highest BCUT2D eigenvalue weighted by molar-refractivity contribution is 7.80. The molecule has 1 aromatic rings. The number of hydrogen-bond acceptors (Lipinski definition) is 4. The number of carbonyl (C=O) groups is 2. The summed E-state index contributed by atoms with van der Waals surface area (Å²) in [6.45, 7) is 2.91. The third-order valence-electron chi connectivity index (χ3n) is 2.67. The smallest absolute Gasteiger partial charge is 0.259 e. The number of amides is 1. The lowest BCUT2D eigenvalue weighted by Crippen LogP contribution is -2.43. The first kappa shape index (κ1) is 14.5. The zero-order valence-corrected chi connectivity index (χ0v) is 11.1. The summed E-state index contributed by atoms with van der Waals surface area (Å²) in [6.07, 6.45) is 0. The Kier molecular flexibility index (Phi) is 4.69. The number of Topliss-reactive ketones (excluding diaryl/α,β-unsaturated/α-hetero) is 1. The lowest BCUT2D eigenvalue weighted by atomic mass is 9.87. The first-order chi connectivity index (χ1) is 8.39. The van der Waals surface area contributed by atoms with Gasteiger partial charge < -0.3 is 0 Å². The number of benzene rings is 1. The molecule has 1 aromatic carbocycles. The number of thiocarbonyl (C=S) groups is 1. The minimum atomic E-state index is -1.34. The molecular formula is C13H15NO3S. The molecule has 0 saturated carbocycles. The molecule has 0 fully saturated rings. The monoisotopic (exact) mass is 265 g/mol. The van der Waals surface area contributed by atoms with Crippen LogP contribution in [0, 0.1) is 5.41 Å². The first-order valence-corrected chi connectivity index (χ1v) is 5.91. The molecule has 0 atom stereocenters. The lowest BCUT2D eigenvalue weighted by molar-refractivity contribution is -0.178. The Bertz CT molecular complexity index is 457. The van der Waals surface area contributed by atoms with Crippen LogP contribution < -0.4 is 0 Å². The third-order valence-corrected chi connectivity index (χ3v) is 2.88. The average Bonchev–Trinajstić information content (AvgIpc) is 2.37. The molecule has 0 aliphatic rings. The molecule has 1 N–H and O–H groups in total. The van der Waals surface area contributed by atoms with Crippen LogP contribution in [-0.2, 0) is 16.1 Å². The molecule has 18 heavy (non-hydrogen) atoms. The third kappa shape index (κ3) is 3.21. The number of ketones is 1. The van der Waals surface area contributed by atoms with E-state index in [9.17, 15) is 14.8 Å². The van der Waals surface area contributed by atoms with Gasteiger partial charge in [-0.1, -0.05) is 42.5 Å². The maximum absolute atomic E-state index is 12.0. The van der Waals surface area contributed by atoms with Gasteiger partial charge in [-0.2, -0.15) is 0 Å². The van der Waals surface area contributed by atoms with Crippen LogP contribution in [0.4, 0.5) is 0 Å². The molecular weight excluding hydrogens is 250 g/mol. The summed E-state index contributed by atoms with van der Waals surface area (Å²) in [5.41, 5.74) is -0.565. The lowest BCUT2D eigenvalue weighted by Gasteiger charge is -2.25. The van der Waals surface area contributed by atoms with Gasteiger partial charge >= 0.3 is 0 Å². The zero-order valence-electron chi connectivity index (χ0n) is 10.3. The molecule has 5 heteroatoms. The van der Waals surface area contributed by atoms with Crippen molar-refractivity contribution >= 4 is 29.3 Å². The Morgan fingerprint density at radius 2 is 1.89 bits per heavy atom. The molecule has 0 radical (unpaired) electrons. The number of nitrogens with zero attached hydrogens (tertiary/aromatic N) is 1. The molecule has 1 amide bonds. The normalized spacial score (nSPS) is 10.8. The molecule has 0 spiro atoms. The molecule has 0 aromatic heterocycles. The maximum Gasteiger partial charge on any atom is 0.259 e. The second-order valence-electron chi connectivity index (χ2n) is 4.46. The number of hydrogen-bond donors (Lipinski definition) is 1. The molecule has 0 bridgehead atoms. The van der Waals surface area contributed by atoms with Crippen LogP contribution in [0.15, 0.2) is 30.3 Å². The Balaban J connectivity index is 2.79. The molecule has 4 nitrogen and oxygen atoms in total. The van der Waals surface area contributed by atoms with E-state index in [0.717, 1.165) is 10.9 Å². The highest BCUT2D eigenvalue weighted by atomic mass is 32.1. The van der Waals surface area contributed by atoms with E-state index in [1.165, 1.54) is 13.8 Å². The SMILES string of the molecule is CC(C)(C(=O)C=S)C(=O)N(O)Cc1ccccc1. The van der Waals surface area contributed by atoms with E-state index in [1.54, 1.807) is 24.3 Å². The van der Waals surface area contributed by atoms with E-state index in [-0.39, 0.29) is 6.54 Å². The number of carbonyl (C=O) groups excluding carboxylic acids is 2. The summed E-state index contributed by atoms with van der Waals surface area (Å²) >= 11 is 4.53. The molecule has 0 saturated heterocycles. The predicted octanol–water partition coefficient (Wildman–Crippen LogP) is 2.00. The van der Waals surface area contributed by atoms with Crippen molar-refractivity contribution in [2.75, 3.05) is 0 Å². The fourth-order valence-electron chi connectivity index (χ4n) is 1.40. The van der Waals surface area contributed by atoms with Gasteiger partial charge in [-0.25, -0.2) is 5.06 Å². The molecule has 0 unspecified atom stereocenters. The summed E-state index contributed by atoms with van der Waals surface area (Å²) in [5.74, 6) is -1.16. The van der Waals surface area contributed by atoms with E-state index in [4.69, 9.17) is 0 Å². The van der Waals surface area contributed by atoms with Gasteiger partial charge in [0, 0.05) is 5.37 Å². The number of hydroxylamine groups is 2. The van der Waals surface area contributed by atoms with E-state index in [2.05, 4.69) is 12.2 Å². The number of rotatable bonds is 5. The van der Waals surface area contributed by atoms with Crippen LogP contribution >= 0.6 is 12.2 Å². The van der Waals surface area contributed by atoms with Crippen molar-refractivity contribution in [1.29, 1.82) is 0 Å². The van der Waals surface area contributed by atoms with Gasteiger partial charge in [-0.05, 0) is 19.4 Å². The van der Waals surface area contributed by atoms with E-state index in [1.807, 2.05) is 6.07 Å². The second kappa shape index (κ2) is 5.84. The van der Waals surface area contributed by atoms with Crippen LogP contribution in [0.5, 0.6) is 0 Å². The van der Waals surface area contributed by atoms with Gasteiger partial charge in [-0.15, -0.1) is 0 Å². The Hall–Kier alpha value is -1.59. The largest absolute Gasteiger partial charge is 0.293 e. The zero-order chi connectivity index (χ0) is 13.8. The highest BCUT2D eigenvalue weighted by Crippen LogP contribution is 2.20. The van der Waals surface area contributed by atoms with Crippen LogP contribution in [-0.4, -0.2) is 27.3 Å². The van der Waals surface area contributed by atoms with Crippen molar-refractivity contribution in [3.63, 3.8) is 0 Å². The van der Waals surface area contributed by atoms with E-state index >= 15 is 0 Å². The molecule has 0 aliphatic heterocycles. The summed E-state index contributed by atoms with van der Waals surface area (Å²) in [4.78, 5) is 23.5. The maximum atomic E-state index is 12.0. The predicted molar refractivity (Wildman–Crippen MR) is 71.2 cm³/mol. The van der Waals surface area contributed by atoms with Gasteiger partial charge in [-0.3, -0.25) is 14.8 Å². The van der Waals surface area contributed by atoms with Crippen LogP contribution in [0.2, 0.25) is 0 Å². The first-order valence-electron chi connectivity index (χ1n) is 5.44. The van der Waals surface area contributed by atoms with Gasteiger partial charge in [0.15, 0.2) is 5.78 Å². The Morgan fingerprint density at radius 1 is 1.33 bits per heavy atom. The van der Waals surface area contributed by atoms with Crippen molar-refractivity contribution in [2.24, 2.45) is 5.41 Å². The quantitative estimate of drug-likeness (QED) is 0.383. The average molecular weight is 265 g/mol. The van der Waals surface area contributed by atoms with Crippen LogP contribution in [0.1, 0.15) is 19.4 Å². The minimum Gasteiger partial charge on any atom is -0.293 e. The molecule has 1 rings (SSSR count). The van der Waals surface area contributed by atoms with Crippen molar-refractivity contribution in [2.45, 2.75) is 20.4 Å². The summed E-state index contributed by atoms with van der Waals surface area (Å²) in [5, 5.41) is 11.2. The molecule has 0 aliphatic carbocycles. The van der Waals surface area contributed by atoms with Gasteiger partial charge in [0.05, 0.1) is 6.54 Å². The highest BCUT2D eigenvalue weighted by Gasteiger charge is 2.37. The Labute approximate surface area is 111 Å². The summed E-state index contributed by atoms with van der Waals surface area (Å²) in [7, 11) is 0. The standard InChI is InChI=1S/C13H15NO3S/c1-13(2,11(15)9-18)12(16)14(17)8-10-6-4-3-5-7-10/h3-7,9,17H,8H2,1-2H3. The van der Waals surface area contributed by atoms with Crippen molar-refractivity contribution in [1.82, 2.24) is 5.06 Å². The summed E-state index contributed by atoms with van der Waals surface area (Å²) < 4.78 is 0. The second-order valence-corrected chi connectivity index (χ2v) is 4.69. The van der Waals surface area contributed by atoms with Gasteiger partial charge in [0.2, 0.25) is 0 Å². The van der Waals surface area contributed by atoms with Gasteiger partial charge in [0.1, 0.15) is 5.41 Å². The van der Waals surface area contributed by atoms with E-state index in [0.29, 0.717) is 5.06 Å². The van der Waals surface area contributed by atoms with Crippen molar-refractivity contribution in [3.8, 4) is 0 Å². The van der Waals surface area contributed by atoms with E-state index < -0.39 is 17.1 Å². The summed E-state index contributed by atoms with van der Waals surface area (Å²) in [6, 6.07) is 9.02. The Morgan fingerprint density at radius 3 is 2.39 bits per heavy atom. The van der Waals surface area contributed by atoms with Crippen LogP contribution in [0.25, 0.3) is 0 Å². The topological polar surface area (TPSA) is 57.6 Å². The van der Waals surface area contributed by atoms with Crippen molar-refractivity contribution < 1.29 is 14.8 Å². The fourth-order valence-corrected chi connectivity index (χ4v) is 1.70. The molecule has 96 valence electrons. The van der Waals surface area contributed by atoms with Crippen molar-refractivity contribution in [3.05, 3.63) is 35.9 Å². The minimum absolute atomic E-state index is 0.0355. The van der Waals surface area contributed by atoms with Gasteiger partial charge in [0.25, 0.3) is 5.91 Å². The fraction of sp³-hybridized carbons (Fsp3) is 0.308.